The van der Waals surface area contributed by atoms with Crippen LogP contribution in [0.1, 0.15) is 5.76 Å². The van der Waals surface area contributed by atoms with Gasteiger partial charge >= 0.3 is 0 Å². The first kappa shape index (κ1) is 13.4. The smallest absolute Gasteiger partial charge is 0.265 e. The number of benzene rings is 1. The van der Waals surface area contributed by atoms with Gasteiger partial charge in [0.2, 0.25) is 5.76 Å². The van der Waals surface area contributed by atoms with Crippen molar-refractivity contribution < 1.29 is 17.4 Å². The van der Waals surface area contributed by atoms with E-state index in [4.69, 9.17) is 8.94 Å². The third kappa shape index (κ3) is 2.68. The minimum atomic E-state index is -3.72. The predicted octanol–water partition coefficient (Wildman–Crippen LogP) is 3.04. The van der Waals surface area contributed by atoms with Crippen molar-refractivity contribution in [1.29, 1.82) is 0 Å². The van der Waals surface area contributed by atoms with Gasteiger partial charge in [0.25, 0.3) is 10.0 Å². The molecule has 3 rings (SSSR count). The molecule has 0 saturated carbocycles. The minimum Gasteiger partial charge on any atom is -0.456 e. The van der Waals surface area contributed by atoms with E-state index < -0.39 is 10.0 Å². The lowest BCUT2D eigenvalue weighted by molar-refractivity contribution is 0.414. The number of aryl methyl sites for hydroxylation is 1. The number of sulfonamides is 1. The molecule has 0 amide bonds. The van der Waals surface area contributed by atoms with Crippen molar-refractivity contribution in [1.82, 2.24) is 5.16 Å². The lowest BCUT2D eigenvalue weighted by Gasteiger charge is -2.06. The average Bonchev–Trinajstić information content (AvgIpc) is 3.08. The molecule has 2 aromatic heterocycles. The summed E-state index contributed by atoms with van der Waals surface area (Å²) in [5, 5.41) is 3.57. The molecule has 1 N–H and O–H groups in total. The van der Waals surface area contributed by atoms with Gasteiger partial charge in [0.05, 0.1) is 6.20 Å². The van der Waals surface area contributed by atoms with Crippen molar-refractivity contribution in [2.45, 2.75) is 11.8 Å². The van der Waals surface area contributed by atoms with Gasteiger partial charge in [0.1, 0.15) is 10.7 Å². The molecule has 108 valence electrons. The Kier molecular flexibility index (Phi) is 3.26. The first-order valence-corrected chi connectivity index (χ1v) is 7.64. The summed E-state index contributed by atoms with van der Waals surface area (Å²) in [4.78, 5) is 0.0674. The summed E-state index contributed by atoms with van der Waals surface area (Å²) in [5.41, 5.74) is 0.485. The van der Waals surface area contributed by atoms with E-state index in [1.165, 1.54) is 12.3 Å². The van der Waals surface area contributed by atoms with Crippen LogP contribution in [0.15, 0.2) is 62.5 Å². The van der Waals surface area contributed by atoms with E-state index in [9.17, 15) is 8.42 Å². The van der Waals surface area contributed by atoms with Crippen LogP contribution >= 0.6 is 0 Å². The second-order valence-electron chi connectivity index (χ2n) is 4.38. The lowest BCUT2D eigenvalue weighted by Crippen LogP contribution is -2.12. The zero-order valence-corrected chi connectivity index (χ0v) is 11.9. The first-order valence-electron chi connectivity index (χ1n) is 6.15. The van der Waals surface area contributed by atoms with E-state index in [2.05, 4.69) is 9.88 Å². The zero-order valence-electron chi connectivity index (χ0n) is 11.1. The van der Waals surface area contributed by atoms with Gasteiger partial charge in [-0.15, -0.1) is 0 Å². The second kappa shape index (κ2) is 5.10. The topological polar surface area (TPSA) is 85.3 Å². The summed E-state index contributed by atoms with van der Waals surface area (Å²) in [6.07, 6.45) is 1.46. The zero-order chi connectivity index (χ0) is 14.9. The molecule has 0 saturated heterocycles. The summed E-state index contributed by atoms with van der Waals surface area (Å²) < 4.78 is 37.7. The number of nitrogens with zero attached hydrogens (tertiary/aromatic N) is 1. The summed E-state index contributed by atoms with van der Waals surface area (Å²) in [5.74, 6) is 0.975. The number of hydrogen-bond donors (Lipinski definition) is 1. The van der Waals surface area contributed by atoms with Crippen LogP contribution < -0.4 is 4.72 Å². The number of para-hydroxylation sites is 1. The predicted molar refractivity (Wildman–Crippen MR) is 76.2 cm³/mol. The molecule has 0 aliphatic rings. The maximum absolute atomic E-state index is 12.4. The molecule has 0 aliphatic carbocycles. The Bertz CT molecular complexity index is 836. The standard InChI is InChI=1S/C14H12N2O4S/c1-10-14(9-13(19-10)12-7-8-15-20-12)21(17,18)16-11-5-3-2-4-6-11/h2-9,16H,1H3. The molecule has 6 nitrogen and oxygen atoms in total. The monoisotopic (exact) mass is 304 g/mol. The molecule has 3 aromatic rings. The first-order chi connectivity index (χ1) is 10.1. The van der Waals surface area contributed by atoms with Crippen molar-refractivity contribution in [2.24, 2.45) is 0 Å². The van der Waals surface area contributed by atoms with E-state index >= 15 is 0 Å². The number of aromatic nitrogens is 1. The van der Waals surface area contributed by atoms with Gasteiger partial charge in [-0.25, -0.2) is 8.42 Å². The van der Waals surface area contributed by atoms with Gasteiger partial charge in [-0.05, 0) is 19.1 Å². The molecule has 21 heavy (non-hydrogen) atoms. The van der Waals surface area contributed by atoms with Gasteiger partial charge in [0.15, 0.2) is 5.76 Å². The molecular weight excluding hydrogens is 292 g/mol. The highest BCUT2D eigenvalue weighted by Crippen LogP contribution is 2.29. The van der Waals surface area contributed by atoms with Crippen molar-refractivity contribution in [3.63, 3.8) is 0 Å². The molecule has 7 heteroatoms. The largest absolute Gasteiger partial charge is 0.456 e. The van der Waals surface area contributed by atoms with Crippen LogP contribution in [0, 0.1) is 6.92 Å². The Morgan fingerprint density at radius 1 is 1.10 bits per heavy atom. The summed E-state index contributed by atoms with van der Waals surface area (Å²) in [6.45, 7) is 1.58. The van der Waals surface area contributed by atoms with E-state index in [1.807, 2.05) is 6.07 Å². The van der Waals surface area contributed by atoms with E-state index in [0.717, 1.165) is 0 Å². The quantitative estimate of drug-likeness (QED) is 0.800. The van der Waals surface area contributed by atoms with Crippen LogP contribution in [0.5, 0.6) is 0 Å². The minimum absolute atomic E-state index is 0.0674. The van der Waals surface area contributed by atoms with E-state index in [-0.39, 0.29) is 10.7 Å². The van der Waals surface area contributed by atoms with E-state index in [1.54, 1.807) is 37.3 Å². The van der Waals surface area contributed by atoms with Crippen LogP contribution in [0.3, 0.4) is 0 Å². The second-order valence-corrected chi connectivity index (χ2v) is 6.03. The maximum atomic E-state index is 12.4. The molecular formula is C14H12N2O4S. The molecule has 0 aliphatic heterocycles. The molecule has 0 radical (unpaired) electrons. The molecule has 1 aromatic carbocycles. The number of furan rings is 1. The number of hydrogen-bond acceptors (Lipinski definition) is 5. The summed E-state index contributed by atoms with van der Waals surface area (Å²) >= 11 is 0. The van der Waals surface area contributed by atoms with Gasteiger partial charge in [-0.2, -0.15) is 0 Å². The summed E-state index contributed by atoms with van der Waals surface area (Å²) in [6, 6.07) is 11.7. The number of anilines is 1. The summed E-state index contributed by atoms with van der Waals surface area (Å²) in [7, 11) is -3.72. The highest BCUT2D eigenvalue weighted by atomic mass is 32.2. The van der Waals surface area contributed by atoms with Crippen LogP contribution in [0.25, 0.3) is 11.5 Å². The average molecular weight is 304 g/mol. The Morgan fingerprint density at radius 2 is 1.86 bits per heavy atom. The fourth-order valence-corrected chi connectivity index (χ4v) is 3.15. The fourth-order valence-electron chi connectivity index (χ4n) is 1.91. The molecule has 0 bridgehead atoms. The van der Waals surface area contributed by atoms with Gasteiger partial charge in [-0.3, -0.25) is 4.72 Å². The molecule has 0 atom stereocenters. The highest BCUT2D eigenvalue weighted by molar-refractivity contribution is 7.92. The van der Waals surface area contributed by atoms with Crippen molar-refractivity contribution in [2.75, 3.05) is 4.72 Å². The van der Waals surface area contributed by atoms with Gasteiger partial charge in [0, 0.05) is 17.8 Å². The van der Waals surface area contributed by atoms with Crippen LogP contribution in [0.2, 0.25) is 0 Å². The molecule has 2 heterocycles. The Morgan fingerprint density at radius 3 is 2.52 bits per heavy atom. The Balaban J connectivity index is 1.96. The van der Waals surface area contributed by atoms with Crippen molar-refractivity contribution >= 4 is 15.7 Å². The Labute approximate surface area is 121 Å². The fraction of sp³-hybridized carbons (Fsp3) is 0.0714. The molecule has 0 spiro atoms. The maximum Gasteiger partial charge on any atom is 0.265 e. The van der Waals surface area contributed by atoms with Crippen LogP contribution in [-0.2, 0) is 10.0 Å². The van der Waals surface area contributed by atoms with Crippen molar-refractivity contribution in [3.8, 4) is 11.5 Å². The SMILES string of the molecule is Cc1oc(-c2ccno2)cc1S(=O)(=O)Nc1ccccc1. The normalized spacial score (nSPS) is 11.5. The molecule has 0 fully saturated rings. The van der Waals surface area contributed by atoms with Gasteiger partial charge < -0.3 is 8.94 Å². The number of nitrogens with one attached hydrogen (secondary N) is 1. The number of rotatable bonds is 4. The lowest BCUT2D eigenvalue weighted by atomic mass is 10.3. The highest BCUT2D eigenvalue weighted by Gasteiger charge is 2.23. The van der Waals surface area contributed by atoms with E-state index in [0.29, 0.717) is 17.2 Å². The third-order valence-corrected chi connectivity index (χ3v) is 4.36. The third-order valence-electron chi connectivity index (χ3n) is 2.87. The van der Waals surface area contributed by atoms with Crippen LogP contribution in [0.4, 0.5) is 5.69 Å². The van der Waals surface area contributed by atoms with Crippen molar-refractivity contribution in [3.05, 3.63) is 54.4 Å². The molecule has 0 unspecified atom stereocenters. The van der Waals surface area contributed by atoms with Crippen LogP contribution in [-0.4, -0.2) is 13.6 Å². The Hall–Kier alpha value is -2.54. The van der Waals surface area contributed by atoms with Gasteiger partial charge in [-0.1, -0.05) is 23.4 Å².